The number of hydrogen-bond donors (Lipinski definition) is 0. The normalized spacial score (nSPS) is 19.3. The number of likely N-dealkylation sites (tertiary alicyclic amines) is 1. The zero-order valence-corrected chi connectivity index (χ0v) is 17.9. The zero-order chi connectivity index (χ0) is 22.5. The Labute approximate surface area is 189 Å². The molecule has 6 rings (SSSR count). The Morgan fingerprint density at radius 1 is 0.879 bits per heavy atom. The fourth-order valence-electron chi connectivity index (χ4n) is 5.26. The van der Waals surface area contributed by atoms with Crippen molar-refractivity contribution in [3.8, 4) is 5.69 Å². The smallest absolute Gasteiger partial charge is 0.265 e. The number of fused-ring (bicyclic) bond motifs is 5. The van der Waals surface area contributed by atoms with Crippen molar-refractivity contribution in [1.82, 2.24) is 19.0 Å². The van der Waals surface area contributed by atoms with E-state index in [1.807, 2.05) is 33.7 Å². The lowest BCUT2D eigenvalue weighted by Gasteiger charge is -2.42. The number of rotatable bonds is 2. The van der Waals surface area contributed by atoms with Gasteiger partial charge in [0.1, 0.15) is 6.33 Å². The van der Waals surface area contributed by atoms with Crippen molar-refractivity contribution < 1.29 is 4.79 Å². The minimum absolute atomic E-state index is 0.0213. The lowest BCUT2D eigenvalue weighted by atomic mass is 9.83. The predicted octanol–water partition coefficient (Wildman–Crippen LogP) is 2.81. The molecule has 0 radical (unpaired) electrons. The third-order valence-corrected chi connectivity index (χ3v) is 6.82. The highest BCUT2D eigenvalue weighted by molar-refractivity contribution is 5.94. The average Bonchev–Trinajstić information content (AvgIpc) is 2.85. The van der Waals surface area contributed by atoms with E-state index in [1.54, 1.807) is 42.5 Å². The second-order valence-corrected chi connectivity index (χ2v) is 8.89. The number of benzene rings is 2. The molecule has 164 valence electrons. The van der Waals surface area contributed by atoms with Crippen molar-refractivity contribution in [2.75, 3.05) is 13.1 Å². The summed E-state index contributed by atoms with van der Waals surface area (Å²) in [7, 11) is 0. The highest BCUT2D eigenvalue weighted by Gasteiger charge is 2.36. The van der Waals surface area contributed by atoms with Gasteiger partial charge >= 0.3 is 0 Å². The maximum atomic E-state index is 13.3. The van der Waals surface area contributed by atoms with Gasteiger partial charge in [0.15, 0.2) is 0 Å². The Balaban J connectivity index is 1.26. The van der Waals surface area contributed by atoms with Crippen molar-refractivity contribution in [3.05, 3.63) is 105 Å². The van der Waals surface area contributed by atoms with Crippen LogP contribution in [0.1, 0.15) is 28.4 Å². The van der Waals surface area contributed by atoms with E-state index in [-0.39, 0.29) is 28.9 Å². The number of carbonyl (C=O) groups is 1. The van der Waals surface area contributed by atoms with Crippen LogP contribution in [0.15, 0.2) is 82.6 Å². The molecule has 0 aliphatic carbocycles. The summed E-state index contributed by atoms with van der Waals surface area (Å²) < 4.78 is 3.36. The first-order chi connectivity index (χ1) is 16.1. The summed E-state index contributed by atoms with van der Waals surface area (Å²) in [6.07, 6.45) is 2.52. The summed E-state index contributed by atoms with van der Waals surface area (Å²) in [6.45, 7) is 1.91. The molecule has 33 heavy (non-hydrogen) atoms. The monoisotopic (exact) mass is 438 g/mol. The van der Waals surface area contributed by atoms with Gasteiger partial charge in [-0.05, 0) is 54.8 Å². The first-order valence-electron chi connectivity index (χ1n) is 11.1. The molecule has 1 fully saturated rings. The maximum Gasteiger partial charge on any atom is 0.265 e. The fourth-order valence-corrected chi connectivity index (χ4v) is 5.26. The summed E-state index contributed by atoms with van der Waals surface area (Å²) in [5.41, 5.74) is 2.83. The van der Waals surface area contributed by atoms with E-state index >= 15 is 0 Å². The third-order valence-electron chi connectivity index (χ3n) is 6.82. The minimum Gasteiger partial charge on any atom is -0.338 e. The molecule has 7 heteroatoms. The van der Waals surface area contributed by atoms with Gasteiger partial charge in [-0.3, -0.25) is 19.0 Å². The molecule has 1 saturated heterocycles. The van der Waals surface area contributed by atoms with Gasteiger partial charge in [0.25, 0.3) is 17.0 Å². The topological polar surface area (TPSA) is 77.2 Å². The summed E-state index contributed by atoms with van der Waals surface area (Å²) >= 11 is 0. The van der Waals surface area contributed by atoms with Crippen LogP contribution in [0.25, 0.3) is 16.6 Å². The number of para-hydroxylation sites is 1. The molecule has 4 aromatic rings. The Morgan fingerprint density at radius 3 is 2.55 bits per heavy atom. The van der Waals surface area contributed by atoms with Crippen molar-refractivity contribution in [3.63, 3.8) is 0 Å². The second-order valence-electron chi connectivity index (χ2n) is 8.89. The number of pyridine rings is 1. The number of aromatic nitrogens is 3. The highest BCUT2D eigenvalue weighted by Crippen LogP contribution is 2.35. The zero-order valence-electron chi connectivity index (χ0n) is 17.9. The Bertz CT molecular complexity index is 1500. The first kappa shape index (κ1) is 19.7. The van der Waals surface area contributed by atoms with Gasteiger partial charge in [0, 0.05) is 42.9 Å². The van der Waals surface area contributed by atoms with E-state index in [9.17, 15) is 14.4 Å². The van der Waals surface area contributed by atoms with Crippen LogP contribution in [0.3, 0.4) is 0 Å². The quantitative estimate of drug-likeness (QED) is 0.482. The molecule has 2 aliphatic heterocycles. The lowest BCUT2D eigenvalue weighted by Crippen LogP contribution is -2.49. The van der Waals surface area contributed by atoms with Gasteiger partial charge < -0.3 is 9.47 Å². The van der Waals surface area contributed by atoms with Crippen LogP contribution in [0.5, 0.6) is 0 Å². The van der Waals surface area contributed by atoms with Crippen LogP contribution in [-0.4, -0.2) is 38.0 Å². The largest absolute Gasteiger partial charge is 0.338 e. The Kier molecular flexibility index (Phi) is 4.50. The molecule has 0 saturated carbocycles. The van der Waals surface area contributed by atoms with E-state index in [0.29, 0.717) is 41.8 Å². The molecule has 0 N–H and O–H groups in total. The van der Waals surface area contributed by atoms with E-state index in [2.05, 4.69) is 4.98 Å². The number of piperidine rings is 1. The summed E-state index contributed by atoms with van der Waals surface area (Å²) in [6, 6.07) is 19.7. The van der Waals surface area contributed by atoms with Crippen LogP contribution in [-0.2, 0) is 6.54 Å². The average molecular weight is 438 g/mol. The van der Waals surface area contributed by atoms with Gasteiger partial charge in [0.05, 0.1) is 16.6 Å². The van der Waals surface area contributed by atoms with E-state index < -0.39 is 0 Å². The van der Waals surface area contributed by atoms with Crippen molar-refractivity contribution in [1.29, 1.82) is 0 Å². The van der Waals surface area contributed by atoms with Crippen LogP contribution in [0, 0.1) is 5.92 Å². The standard InChI is InChI=1S/C26H22N4O3/c31-24-7-3-6-23-19-12-17(14-29(23)24)13-28(15-19)25(32)18-8-10-20(11-9-18)30-16-27-22-5-2-1-4-21(22)26(30)33/h1-11,16-17,19H,12-15H2/t17-,19+/m1/s1. The Hall–Kier alpha value is -4.00. The van der Waals surface area contributed by atoms with Gasteiger partial charge in [-0.1, -0.05) is 18.2 Å². The Morgan fingerprint density at radius 2 is 1.70 bits per heavy atom. The summed E-state index contributed by atoms with van der Waals surface area (Å²) in [4.78, 5) is 44.6. The molecule has 2 aliphatic rings. The molecule has 2 atom stereocenters. The molecular formula is C26H22N4O3. The first-order valence-corrected chi connectivity index (χ1v) is 11.1. The molecule has 2 aromatic heterocycles. The molecule has 2 bridgehead atoms. The number of amides is 1. The molecular weight excluding hydrogens is 416 g/mol. The van der Waals surface area contributed by atoms with Crippen LogP contribution >= 0.6 is 0 Å². The van der Waals surface area contributed by atoms with Gasteiger partial charge in [-0.25, -0.2) is 4.98 Å². The molecule has 0 unspecified atom stereocenters. The van der Waals surface area contributed by atoms with Crippen molar-refractivity contribution in [2.45, 2.75) is 18.9 Å². The second kappa shape index (κ2) is 7.55. The third kappa shape index (κ3) is 3.28. The number of nitrogens with zero attached hydrogens (tertiary/aromatic N) is 4. The van der Waals surface area contributed by atoms with Gasteiger partial charge in [0.2, 0.25) is 0 Å². The number of carbonyl (C=O) groups excluding carboxylic acids is 1. The molecule has 1 amide bonds. The molecule has 4 heterocycles. The number of hydrogen-bond acceptors (Lipinski definition) is 4. The van der Waals surface area contributed by atoms with Gasteiger partial charge in [-0.15, -0.1) is 0 Å². The van der Waals surface area contributed by atoms with Crippen molar-refractivity contribution in [2.24, 2.45) is 5.92 Å². The van der Waals surface area contributed by atoms with Gasteiger partial charge in [-0.2, -0.15) is 0 Å². The fraction of sp³-hybridized carbons (Fsp3) is 0.231. The van der Waals surface area contributed by atoms with Crippen LogP contribution < -0.4 is 11.1 Å². The minimum atomic E-state index is -0.141. The molecule has 2 aromatic carbocycles. The van der Waals surface area contributed by atoms with Crippen LogP contribution in [0.2, 0.25) is 0 Å². The summed E-state index contributed by atoms with van der Waals surface area (Å²) in [5, 5.41) is 0.555. The van der Waals surface area contributed by atoms with E-state index in [1.165, 1.54) is 10.9 Å². The molecule has 7 nitrogen and oxygen atoms in total. The highest BCUT2D eigenvalue weighted by atomic mass is 16.2. The van der Waals surface area contributed by atoms with E-state index in [4.69, 9.17) is 0 Å². The lowest BCUT2D eigenvalue weighted by molar-refractivity contribution is 0.0594. The SMILES string of the molecule is O=C(c1ccc(-n2cnc3ccccc3c2=O)cc1)N1C[C@H]2C[C@@H](C1)c1cccc(=O)n1C2. The van der Waals surface area contributed by atoms with Crippen LogP contribution in [0.4, 0.5) is 0 Å². The molecule has 0 spiro atoms. The maximum absolute atomic E-state index is 13.3. The van der Waals surface area contributed by atoms with E-state index in [0.717, 1.165) is 12.1 Å². The summed E-state index contributed by atoms with van der Waals surface area (Å²) in [5.74, 6) is 0.436. The van der Waals surface area contributed by atoms with Crippen molar-refractivity contribution >= 4 is 16.8 Å². The predicted molar refractivity (Wildman–Crippen MR) is 125 cm³/mol.